The average Bonchev–Trinajstić information content (AvgIpc) is 3.18. The summed E-state index contributed by atoms with van der Waals surface area (Å²) < 4.78 is 0. The molecule has 2 bridgehead atoms. The minimum Gasteiger partial charge on any atom is -0.340 e. The Labute approximate surface area is 145 Å². The monoisotopic (exact) mass is 335 g/mol. The van der Waals surface area contributed by atoms with Crippen molar-refractivity contribution in [1.29, 1.82) is 0 Å². The third kappa shape index (κ3) is 2.51. The van der Waals surface area contributed by atoms with Crippen LogP contribution in [-0.4, -0.2) is 45.3 Å². The van der Waals surface area contributed by atoms with Crippen LogP contribution >= 0.6 is 0 Å². The SMILES string of the molecule is Cc1cnc(N2C3CCC2CNC3)nc1Nc1ccc2[nH]ncc2c1. The third-order valence-corrected chi connectivity index (χ3v) is 5.27. The van der Waals surface area contributed by atoms with Crippen molar-refractivity contribution in [3.63, 3.8) is 0 Å². The molecule has 2 saturated heterocycles. The van der Waals surface area contributed by atoms with E-state index in [2.05, 4.69) is 36.8 Å². The Morgan fingerprint density at radius 1 is 1.16 bits per heavy atom. The van der Waals surface area contributed by atoms with Crippen LogP contribution in [0, 0.1) is 6.92 Å². The maximum atomic E-state index is 4.85. The molecule has 0 spiro atoms. The lowest BCUT2D eigenvalue weighted by molar-refractivity contribution is 0.477. The van der Waals surface area contributed by atoms with Gasteiger partial charge in [-0.3, -0.25) is 5.10 Å². The van der Waals surface area contributed by atoms with Gasteiger partial charge in [0.2, 0.25) is 5.95 Å². The number of aryl methyl sites for hydroxylation is 1. The zero-order valence-corrected chi connectivity index (χ0v) is 14.2. The molecule has 2 fully saturated rings. The summed E-state index contributed by atoms with van der Waals surface area (Å²) in [5.41, 5.74) is 3.08. The van der Waals surface area contributed by atoms with E-state index in [0.717, 1.165) is 47.0 Å². The maximum Gasteiger partial charge on any atom is 0.227 e. The molecule has 2 aromatic heterocycles. The number of H-pyrrole nitrogens is 1. The van der Waals surface area contributed by atoms with Crippen molar-refractivity contribution < 1.29 is 0 Å². The molecule has 3 aromatic rings. The topological polar surface area (TPSA) is 81.8 Å². The number of rotatable bonds is 3. The first-order valence-corrected chi connectivity index (χ1v) is 8.81. The quantitative estimate of drug-likeness (QED) is 0.682. The van der Waals surface area contributed by atoms with Crippen LogP contribution in [0.15, 0.2) is 30.6 Å². The van der Waals surface area contributed by atoms with Crippen LogP contribution in [0.5, 0.6) is 0 Å². The first-order valence-electron chi connectivity index (χ1n) is 8.81. The molecule has 0 saturated carbocycles. The van der Waals surface area contributed by atoms with E-state index in [1.165, 1.54) is 12.8 Å². The Morgan fingerprint density at radius 2 is 2.00 bits per heavy atom. The first-order chi connectivity index (χ1) is 12.3. The van der Waals surface area contributed by atoms with Crippen LogP contribution < -0.4 is 15.5 Å². The summed E-state index contributed by atoms with van der Waals surface area (Å²) in [6.45, 7) is 4.08. The van der Waals surface area contributed by atoms with E-state index in [1.54, 1.807) is 0 Å². The van der Waals surface area contributed by atoms with E-state index in [4.69, 9.17) is 4.98 Å². The van der Waals surface area contributed by atoms with Gasteiger partial charge in [0.15, 0.2) is 0 Å². The van der Waals surface area contributed by atoms with Crippen LogP contribution in [0.3, 0.4) is 0 Å². The molecule has 2 unspecified atom stereocenters. The standard InChI is InChI=1S/C18H21N7/c1-11-7-20-18(25-14-3-4-15(25)10-19-9-14)23-17(11)22-13-2-5-16-12(6-13)8-21-24-16/h2,5-8,14-15,19H,3-4,9-10H2,1H3,(H,21,24)(H,20,22,23). The Hall–Kier alpha value is -2.67. The van der Waals surface area contributed by atoms with Crippen molar-refractivity contribution >= 4 is 28.4 Å². The number of fused-ring (bicyclic) bond motifs is 3. The molecule has 7 nitrogen and oxygen atoms in total. The summed E-state index contributed by atoms with van der Waals surface area (Å²) in [5.74, 6) is 1.71. The number of nitrogens with zero attached hydrogens (tertiary/aromatic N) is 4. The number of anilines is 3. The maximum absolute atomic E-state index is 4.85. The third-order valence-electron chi connectivity index (χ3n) is 5.27. The molecule has 5 rings (SSSR count). The molecule has 2 aliphatic heterocycles. The first kappa shape index (κ1) is 14.7. The molecular formula is C18H21N7. The van der Waals surface area contributed by atoms with Crippen molar-refractivity contribution in [2.24, 2.45) is 0 Å². The van der Waals surface area contributed by atoms with Gasteiger partial charge in [-0.1, -0.05) is 0 Å². The molecule has 2 aliphatic rings. The van der Waals surface area contributed by atoms with Crippen LogP contribution in [0.1, 0.15) is 18.4 Å². The van der Waals surface area contributed by atoms with E-state index in [0.29, 0.717) is 12.1 Å². The highest BCUT2D eigenvalue weighted by Crippen LogP contribution is 2.31. The Bertz CT molecular complexity index is 903. The van der Waals surface area contributed by atoms with E-state index >= 15 is 0 Å². The number of hydrogen-bond acceptors (Lipinski definition) is 6. The lowest BCUT2D eigenvalue weighted by Crippen LogP contribution is -2.52. The van der Waals surface area contributed by atoms with Gasteiger partial charge >= 0.3 is 0 Å². The van der Waals surface area contributed by atoms with Crippen molar-refractivity contribution in [3.05, 3.63) is 36.2 Å². The van der Waals surface area contributed by atoms with Gasteiger partial charge in [0, 0.05) is 48.0 Å². The van der Waals surface area contributed by atoms with Crippen molar-refractivity contribution in [3.8, 4) is 0 Å². The van der Waals surface area contributed by atoms with Gasteiger partial charge in [0.1, 0.15) is 5.82 Å². The summed E-state index contributed by atoms with van der Waals surface area (Å²) in [4.78, 5) is 11.9. The lowest BCUT2D eigenvalue weighted by atomic mass is 10.2. The average molecular weight is 335 g/mol. The Morgan fingerprint density at radius 3 is 2.84 bits per heavy atom. The molecular weight excluding hydrogens is 314 g/mol. The molecule has 128 valence electrons. The fourth-order valence-corrected chi connectivity index (χ4v) is 3.95. The smallest absolute Gasteiger partial charge is 0.227 e. The van der Waals surface area contributed by atoms with E-state index in [1.807, 2.05) is 31.5 Å². The van der Waals surface area contributed by atoms with Crippen LogP contribution in [0.25, 0.3) is 10.9 Å². The highest BCUT2D eigenvalue weighted by Gasteiger charge is 2.38. The second-order valence-corrected chi connectivity index (χ2v) is 6.95. The summed E-state index contributed by atoms with van der Waals surface area (Å²) >= 11 is 0. The van der Waals surface area contributed by atoms with Crippen molar-refractivity contribution in [2.75, 3.05) is 23.3 Å². The van der Waals surface area contributed by atoms with Crippen molar-refractivity contribution in [2.45, 2.75) is 31.8 Å². The number of hydrogen-bond donors (Lipinski definition) is 3. The largest absolute Gasteiger partial charge is 0.340 e. The second kappa shape index (κ2) is 5.70. The lowest BCUT2D eigenvalue weighted by Gasteiger charge is -2.35. The van der Waals surface area contributed by atoms with Gasteiger partial charge in [-0.15, -0.1) is 0 Å². The van der Waals surface area contributed by atoms with Gasteiger partial charge in [0.05, 0.1) is 11.7 Å². The number of aromatic nitrogens is 4. The van der Waals surface area contributed by atoms with Gasteiger partial charge in [-0.2, -0.15) is 10.1 Å². The molecule has 7 heteroatoms. The summed E-state index contributed by atoms with van der Waals surface area (Å²) in [7, 11) is 0. The van der Waals surface area contributed by atoms with E-state index < -0.39 is 0 Å². The Balaban J connectivity index is 1.46. The van der Waals surface area contributed by atoms with E-state index in [-0.39, 0.29) is 0 Å². The normalized spacial score (nSPS) is 22.5. The predicted molar refractivity (Wildman–Crippen MR) is 98.3 cm³/mol. The number of benzene rings is 1. The van der Waals surface area contributed by atoms with Gasteiger partial charge in [-0.25, -0.2) is 4.98 Å². The molecule has 4 heterocycles. The second-order valence-electron chi connectivity index (χ2n) is 6.95. The number of aromatic amines is 1. The van der Waals surface area contributed by atoms with Gasteiger partial charge in [0.25, 0.3) is 0 Å². The van der Waals surface area contributed by atoms with Crippen molar-refractivity contribution in [1.82, 2.24) is 25.5 Å². The molecule has 1 aromatic carbocycles. The summed E-state index contributed by atoms with van der Waals surface area (Å²) in [6.07, 6.45) is 6.18. The van der Waals surface area contributed by atoms with Crippen LogP contribution in [0.2, 0.25) is 0 Å². The molecule has 2 atom stereocenters. The molecule has 25 heavy (non-hydrogen) atoms. The summed E-state index contributed by atoms with van der Waals surface area (Å²) in [5, 5.41) is 15.1. The van der Waals surface area contributed by atoms with Gasteiger partial charge < -0.3 is 15.5 Å². The zero-order valence-electron chi connectivity index (χ0n) is 14.2. The zero-order chi connectivity index (χ0) is 16.8. The van der Waals surface area contributed by atoms with Crippen LogP contribution in [-0.2, 0) is 0 Å². The van der Waals surface area contributed by atoms with Crippen LogP contribution in [0.4, 0.5) is 17.5 Å². The highest BCUT2D eigenvalue weighted by molar-refractivity contribution is 5.82. The number of nitrogens with one attached hydrogen (secondary N) is 3. The molecule has 3 N–H and O–H groups in total. The summed E-state index contributed by atoms with van der Waals surface area (Å²) in [6, 6.07) is 7.16. The fraction of sp³-hybridized carbons (Fsp3) is 0.389. The molecule has 0 amide bonds. The number of piperazine rings is 1. The van der Waals surface area contributed by atoms with E-state index in [9.17, 15) is 0 Å². The molecule has 0 aliphatic carbocycles. The highest BCUT2D eigenvalue weighted by atomic mass is 15.4. The predicted octanol–water partition coefficient (Wildman–Crippen LogP) is 2.35. The minimum atomic E-state index is 0.511. The Kier molecular flexibility index (Phi) is 3.34. The fourth-order valence-electron chi connectivity index (χ4n) is 3.95. The minimum absolute atomic E-state index is 0.511. The van der Waals surface area contributed by atoms with Gasteiger partial charge in [-0.05, 0) is 38.0 Å². The molecule has 0 radical (unpaired) electrons.